The number of benzene rings is 1. The Labute approximate surface area is 106 Å². The molecule has 0 saturated heterocycles. The lowest BCUT2D eigenvalue weighted by molar-refractivity contribution is 0.180. The van der Waals surface area contributed by atoms with Crippen LogP contribution in [0.3, 0.4) is 0 Å². The molecule has 2 rings (SSSR count). The highest BCUT2D eigenvalue weighted by atomic mass is 35.7. The van der Waals surface area contributed by atoms with Crippen LogP contribution in [0, 0.1) is 12.8 Å². The fraction of sp³-hybridized carbons (Fsp3) is 0.500. The molecule has 0 radical (unpaired) electrons. The van der Waals surface area contributed by atoms with E-state index in [9.17, 15) is 8.42 Å². The molecule has 0 atom stereocenters. The van der Waals surface area contributed by atoms with E-state index >= 15 is 0 Å². The van der Waals surface area contributed by atoms with Gasteiger partial charge in [0.1, 0.15) is 5.75 Å². The Morgan fingerprint density at radius 2 is 2.12 bits per heavy atom. The van der Waals surface area contributed by atoms with Crippen LogP contribution < -0.4 is 4.74 Å². The molecule has 1 saturated carbocycles. The molecule has 0 amide bonds. The summed E-state index contributed by atoms with van der Waals surface area (Å²) in [7, 11) is 1.62. The molecule has 17 heavy (non-hydrogen) atoms. The van der Waals surface area contributed by atoms with Crippen LogP contribution in [-0.4, -0.2) is 15.0 Å². The average Bonchev–Trinajstić information content (AvgIpc) is 2.16. The third kappa shape index (κ3) is 3.13. The van der Waals surface area contributed by atoms with Crippen molar-refractivity contribution in [2.75, 3.05) is 6.61 Å². The van der Waals surface area contributed by atoms with Crippen LogP contribution in [0.15, 0.2) is 23.1 Å². The number of rotatable bonds is 4. The van der Waals surface area contributed by atoms with Gasteiger partial charge in [0.2, 0.25) is 0 Å². The van der Waals surface area contributed by atoms with Crippen LogP contribution in [0.1, 0.15) is 24.8 Å². The van der Waals surface area contributed by atoms with Crippen molar-refractivity contribution in [2.45, 2.75) is 31.1 Å². The van der Waals surface area contributed by atoms with Crippen LogP contribution in [0.5, 0.6) is 5.75 Å². The summed E-state index contributed by atoms with van der Waals surface area (Å²) < 4.78 is 28.0. The quantitative estimate of drug-likeness (QED) is 0.793. The van der Waals surface area contributed by atoms with Crippen molar-refractivity contribution in [1.29, 1.82) is 0 Å². The van der Waals surface area contributed by atoms with E-state index in [2.05, 4.69) is 0 Å². The number of ether oxygens (including phenoxy) is 1. The Morgan fingerprint density at radius 1 is 1.41 bits per heavy atom. The molecule has 0 unspecified atom stereocenters. The standard InChI is InChI=1S/C12H15ClO3S/c1-9-7-11(17(13,14)15)5-6-12(9)16-8-10-3-2-4-10/h5-7,10H,2-4,8H2,1H3. The summed E-state index contributed by atoms with van der Waals surface area (Å²) in [6.07, 6.45) is 3.75. The predicted octanol–water partition coefficient (Wildman–Crippen LogP) is 3.10. The minimum atomic E-state index is -3.65. The molecular weight excluding hydrogens is 260 g/mol. The first kappa shape index (κ1) is 12.7. The lowest BCUT2D eigenvalue weighted by Gasteiger charge is -2.25. The Balaban J connectivity index is 2.08. The summed E-state index contributed by atoms with van der Waals surface area (Å²) in [5.74, 6) is 1.40. The highest BCUT2D eigenvalue weighted by molar-refractivity contribution is 8.13. The first-order valence-electron chi connectivity index (χ1n) is 5.65. The average molecular weight is 275 g/mol. The van der Waals surface area contributed by atoms with Gasteiger partial charge in [-0.05, 0) is 49.4 Å². The molecule has 94 valence electrons. The van der Waals surface area contributed by atoms with Crippen molar-refractivity contribution in [2.24, 2.45) is 5.92 Å². The Hall–Kier alpha value is -0.740. The second kappa shape index (κ2) is 4.86. The van der Waals surface area contributed by atoms with Crippen molar-refractivity contribution < 1.29 is 13.2 Å². The van der Waals surface area contributed by atoms with Gasteiger partial charge in [-0.25, -0.2) is 8.42 Å². The molecule has 0 aromatic heterocycles. The maximum atomic E-state index is 11.1. The van der Waals surface area contributed by atoms with E-state index in [1.54, 1.807) is 12.1 Å². The molecular formula is C12H15ClO3S. The monoisotopic (exact) mass is 274 g/mol. The maximum Gasteiger partial charge on any atom is 0.261 e. The molecule has 0 N–H and O–H groups in total. The van der Waals surface area contributed by atoms with Crippen LogP contribution in [0.4, 0.5) is 0 Å². The van der Waals surface area contributed by atoms with Crippen molar-refractivity contribution in [1.82, 2.24) is 0 Å². The Bertz CT molecular complexity index is 506. The van der Waals surface area contributed by atoms with E-state index in [-0.39, 0.29) is 4.90 Å². The molecule has 5 heteroatoms. The van der Waals surface area contributed by atoms with E-state index in [1.165, 1.54) is 25.3 Å². The maximum absolute atomic E-state index is 11.1. The number of hydrogen-bond acceptors (Lipinski definition) is 3. The van der Waals surface area contributed by atoms with Gasteiger partial charge in [-0.15, -0.1) is 0 Å². The molecule has 1 fully saturated rings. The lowest BCUT2D eigenvalue weighted by Crippen LogP contribution is -2.19. The van der Waals surface area contributed by atoms with Gasteiger partial charge >= 0.3 is 0 Å². The van der Waals surface area contributed by atoms with E-state index in [0.29, 0.717) is 12.5 Å². The summed E-state index contributed by atoms with van der Waals surface area (Å²) in [5.41, 5.74) is 0.797. The zero-order valence-electron chi connectivity index (χ0n) is 9.65. The zero-order valence-corrected chi connectivity index (χ0v) is 11.2. The molecule has 3 nitrogen and oxygen atoms in total. The van der Waals surface area contributed by atoms with Crippen LogP contribution in [0.25, 0.3) is 0 Å². The normalized spacial score (nSPS) is 16.6. The molecule has 0 bridgehead atoms. The van der Waals surface area contributed by atoms with Crippen molar-refractivity contribution in [3.63, 3.8) is 0 Å². The van der Waals surface area contributed by atoms with Gasteiger partial charge in [-0.3, -0.25) is 0 Å². The lowest BCUT2D eigenvalue weighted by atomic mass is 9.86. The highest BCUT2D eigenvalue weighted by Crippen LogP contribution is 2.29. The third-order valence-corrected chi connectivity index (χ3v) is 4.48. The summed E-state index contributed by atoms with van der Waals surface area (Å²) in [4.78, 5) is 0.118. The first-order valence-corrected chi connectivity index (χ1v) is 7.96. The third-order valence-electron chi connectivity index (χ3n) is 3.13. The SMILES string of the molecule is Cc1cc(S(=O)(=O)Cl)ccc1OCC1CCC1. The second-order valence-corrected chi connectivity index (χ2v) is 7.04. The van der Waals surface area contributed by atoms with Crippen LogP contribution >= 0.6 is 10.7 Å². The van der Waals surface area contributed by atoms with Crippen LogP contribution in [0.2, 0.25) is 0 Å². The summed E-state index contributed by atoms with van der Waals surface area (Å²) in [5, 5.41) is 0. The second-order valence-electron chi connectivity index (χ2n) is 4.47. The topological polar surface area (TPSA) is 43.4 Å². The van der Waals surface area contributed by atoms with Gasteiger partial charge in [-0.2, -0.15) is 0 Å². The molecule has 0 aliphatic heterocycles. The molecule has 0 heterocycles. The predicted molar refractivity (Wildman–Crippen MR) is 67.1 cm³/mol. The van der Waals surface area contributed by atoms with Gasteiger partial charge in [0, 0.05) is 10.7 Å². The fourth-order valence-electron chi connectivity index (χ4n) is 1.80. The summed E-state index contributed by atoms with van der Waals surface area (Å²) in [6.45, 7) is 2.54. The summed E-state index contributed by atoms with van der Waals surface area (Å²) >= 11 is 0. The van der Waals surface area contributed by atoms with E-state index in [4.69, 9.17) is 15.4 Å². The minimum absolute atomic E-state index is 0.118. The van der Waals surface area contributed by atoms with E-state index < -0.39 is 9.05 Å². The first-order chi connectivity index (χ1) is 7.97. The fourth-order valence-corrected chi connectivity index (χ4v) is 2.64. The van der Waals surface area contributed by atoms with Crippen molar-refractivity contribution in [3.05, 3.63) is 23.8 Å². The van der Waals surface area contributed by atoms with Crippen molar-refractivity contribution >= 4 is 19.7 Å². The zero-order chi connectivity index (χ0) is 12.5. The van der Waals surface area contributed by atoms with E-state index in [0.717, 1.165) is 11.3 Å². The summed E-state index contributed by atoms with van der Waals surface area (Å²) in [6, 6.07) is 4.69. The smallest absolute Gasteiger partial charge is 0.261 e. The number of hydrogen-bond donors (Lipinski definition) is 0. The Morgan fingerprint density at radius 3 is 2.59 bits per heavy atom. The number of halogens is 1. The Kier molecular flexibility index (Phi) is 3.64. The van der Waals surface area contributed by atoms with Crippen molar-refractivity contribution in [3.8, 4) is 5.75 Å². The number of aryl methyl sites for hydroxylation is 1. The molecule has 1 aromatic rings. The highest BCUT2D eigenvalue weighted by Gasteiger charge is 2.18. The van der Waals surface area contributed by atoms with Gasteiger partial charge in [-0.1, -0.05) is 6.42 Å². The largest absolute Gasteiger partial charge is 0.493 e. The van der Waals surface area contributed by atoms with Crippen LogP contribution in [-0.2, 0) is 9.05 Å². The van der Waals surface area contributed by atoms with Gasteiger partial charge < -0.3 is 4.74 Å². The molecule has 1 aliphatic rings. The molecule has 0 spiro atoms. The van der Waals surface area contributed by atoms with E-state index in [1.807, 2.05) is 6.92 Å². The molecule has 1 aliphatic carbocycles. The van der Waals surface area contributed by atoms with Gasteiger partial charge in [0.25, 0.3) is 9.05 Å². The van der Waals surface area contributed by atoms with Gasteiger partial charge in [0.15, 0.2) is 0 Å². The van der Waals surface area contributed by atoms with Gasteiger partial charge in [0.05, 0.1) is 11.5 Å². The minimum Gasteiger partial charge on any atom is -0.493 e. The molecule has 1 aromatic carbocycles.